The van der Waals surface area contributed by atoms with Gasteiger partial charge >= 0.3 is 0 Å². The van der Waals surface area contributed by atoms with Crippen molar-refractivity contribution in [3.63, 3.8) is 0 Å². The topological polar surface area (TPSA) is 24.1 Å². The summed E-state index contributed by atoms with van der Waals surface area (Å²) in [6, 6.07) is 0. The Bertz CT molecular complexity index is 347. The lowest BCUT2D eigenvalue weighted by Gasteiger charge is -2.31. The van der Waals surface area contributed by atoms with Gasteiger partial charge in [-0.15, -0.1) is 0 Å². The number of rotatable bonds is 0. The molecule has 0 aromatic heterocycles. The molecule has 0 amide bonds. The van der Waals surface area contributed by atoms with Crippen molar-refractivity contribution in [2.45, 2.75) is 38.5 Å². The van der Waals surface area contributed by atoms with Crippen LogP contribution >= 0.6 is 0 Å². The third kappa shape index (κ3) is 1.26. The van der Waals surface area contributed by atoms with Crippen LogP contribution in [0.2, 0.25) is 0 Å². The minimum absolute atomic E-state index is 1.16. The summed E-state index contributed by atoms with van der Waals surface area (Å²) < 4.78 is 0. The highest BCUT2D eigenvalue weighted by Crippen LogP contribution is 2.29. The van der Waals surface area contributed by atoms with E-state index in [1.54, 1.807) is 0 Å². The fraction of sp³-hybridized carbons (Fsp3) is 0.500. The highest BCUT2D eigenvalue weighted by molar-refractivity contribution is 5.38. The van der Waals surface area contributed by atoms with Gasteiger partial charge in [0.2, 0.25) is 0 Å². The first kappa shape index (κ1) is 8.16. The average molecular weight is 188 g/mol. The number of nitrogens with one attached hydrogen (secondary N) is 2. The lowest BCUT2D eigenvalue weighted by Crippen LogP contribution is -2.32. The first-order valence-corrected chi connectivity index (χ1v) is 5.59. The van der Waals surface area contributed by atoms with E-state index in [4.69, 9.17) is 0 Å². The Morgan fingerprint density at radius 3 is 2.50 bits per heavy atom. The first-order valence-electron chi connectivity index (χ1n) is 5.59. The molecule has 0 saturated heterocycles. The molecule has 0 atom stereocenters. The van der Waals surface area contributed by atoms with Crippen molar-refractivity contribution < 1.29 is 0 Å². The van der Waals surface area contributed by atoms with Crippen LogP contribution < -0.4 is 10.6 Å². The Hall–Kier alpha value is -1.18. The van der Waals surface area contributed by atoms with E-state index in [1.807, 2.05) is 0 Å². The second kappa shape index (κ2) is 3.19. The van der Waals surface area contributed by atoms with Gasteiger partial charge in [0.15, 0.2) is 0 Å². The van der Waals surface area contributed by atoms with E-state index in [-0.39, 0.29) is 0 Å². The molecule has 0 radical (unpaired) electrons. The van der Waals surface area contributed by atoms with Gasteiger partial charge in [-0.3, -0.25) is 0 Å². The molecule has 0 spiro atoms. The molecule has 1 aliphatic heterocycles. The highest BCUT2D eigenvalue weighted by atomic mass is 15.0. The van der Waals surface area contributed by atoms with Crippen molar-refractivity contribution in [2.24, 2.45) is 0 Å². The van der Waals surface area contributed by atoms with Gasteiger partial charge in [0, 0.05) is 17.1 Å². The van der Waals surface area contributed by atoms with Crippen molar-refractivity contribution in [3.05, 3.63) is 34.9 Å². The van der Waals surface area contributed by atoms with E-state index in [2.05, 4.69) is 22.8 Å². The molecular weight excluding hydrogens is 172 g/mol. The van der Waals surface area contributed by atoms with E-state index in [0.29, 0.717) is 0 Å². The zero-order chi connectivity index (χ0) is 9.38. The van der Waals surface area contributed by atoms with Crippen LogP contribution in [0.4, 0.5) is 0 Å². The molecule has 2 aliphatic carbocycles. The van der Waals surface area contributed by atoms with Gasteiger partial charge in [-0.25, -0.2) is 0 Å². The molecule has 74 valence electrons. The Kier molecular flexibility index (Phi) is 1.86. The molecule has 14 heavy (non-hydrogen) atoms. The quantitative estimate of drug-likeness (QED) is 0.610. The van der Waals surface area contributed by atoms with Gasteiger partial charge < -0.3 is 10.6 Å². The summed E-state index contributed by atoms with van der Waals surface area (Å²) in [5.41, 5.74) is 5.58. The van der Waals surface area contributed by atoms with E-state index >= 15 is 0 Å². The van der Waals surface area contributed by atoms with Gasteiger partial charge in [-0.2, -0.15) is 0 Å². The largest absolute Gasteiger partial charge is 0.359 e. The minimum Gasteiger partial charge on any atom is -0.359 e. The summed E-state index contributed by atoms with van der Waals surface area (Å²) in [4.78, 5) is 0. The number of hydrogen-bond acceptors (Lipinski definition) is 2. The van der Waals surface area contributed by atoms with Crippen molar-refractivity contribution in [1.29, 1.82) is 0 Å². The maximum absolute atomic E-state index is 3.60. The van der Waals surface area contributed by atoms with E-state index in [1.165, 1.54) is 54.9 Å². The third-order valence-corrected chi connectivity index (χ3v) is 3.23. The number of hydrogen-bond donors (Lipinski definition) is 2. The Morgan fingerprint density at radius 1 is 0.857 bits per heavy atom. The number of allylic oxidation sites excluding steroid dienone is 5. The van der Waals surface area contributed by atoms with Crippen molar-refractivity contribution in [2.75, 3.05) is 0 Å². The van der Waals surface area contributed by atoms with Gasteiger partial charge in [0.05, 0.1) is 5.70 Å². The zero-order valence-electron chi connectivity index (χ0n) is 8.40. The summed E-state index contributed by atoms with van der Waals surface area (Å²) in [5.74, 6) is 0. The SMILES string of the molecule is C1=CC2=C(CC1)NC1=C(CCCC1)N2. The summed E-state index contributed by atoms with van der Waals surface area (Å²) in [5, 5.41) is 7.17. The molecule has 3 rings (SSSR count). The van der Waals surface area contributed by atoms with Crippen molar-refractivity contribution >= 4 is 0 Å². The molecule has 0 fully saturated rings. The molecule has 0 saturated carbocycles. The molecule has 2 nitrogen and oxygen atoms in total. The van der Waals surface area contributed by atoms with Gasteiger partial charge in [0.1, 0.15) is 0 Å². The Balaban J connectivity index is 1.88. The molecule has 2 N–H and O–H groups in total. The zero-order valence-corrected chi connectivity index (χ0v) is 8.40. The standard InChI is InChI=1S/C12H16N2/c1-2-6-10-9(5-1)13-11-7-3-4-8-12(11)14-10/h1,5,13-14H,2-4,6-8H2. The molecule has 0 aromatic carbocycles. The summed E-state index contributed by atoms with van der Waals surface area (Å²) in [6.45, 7) is 0. The van der Waals surface area contributed by atoms with E-state index in [0.717, 1.165) is 6.42 Å². The highest BCUT2D eigenvalue weighted by Gasteiger charge is 2.21. The van der Waals surface area contributed by atoms with Crippen LogP contribution in [0.3, 0.4) is 0 Å². The Labute approximate surface area is 84.8 Å². The fourth-order valence-electron chi connectivity index (χ4n) is 2.44. The normalized spacial score (nSPS) is 25.1. The van der Waals surface area contributed by atoms with Crippen molar-refractivity contribution in [1.82, 2.24) is 10.6 Å². The van der Waals surface area contributed by atoms with E-state index in [9.17, 15) is 0 Å². The van der Waals surface area contributed by atoms with Crippen LogP contribution in [0, 0.1) is 0 Å². The van der Waals surface area contributed by atoms with Crippen LogP contribution in [-0.2, 0) is 0 Å². The van der Waals surface area contributed by atoms with E-state index < -0.39 is 0 Å². The van der Waals surface area contributed by atoms with Crippen LogP contribution in [0.5, 0.6) is 0 Å². The molecule has 2 heteroatoms. The molecule has 1 heterocycles. The van der Waals surface area contributed by atoms with Gasteiger partial charge in [-0.1, -0.05) is 6.08 Å². The van der Waals surface area contributed by atoms with Crippen LogP contribution in [0.1, 0.15) is 38.5 Å². The second-order valence-corrected chi connectivity index (χ2v) is 4.25. The first-order chi connectivity index (χ1) is 6.93. The molecular formula is C12H16N2. The van der Waals surface area contributed by atoms with Crippen molar-refractivity contribution in [3.8, 4) is 0 Å². The lowest BCUT2D eigenvalue weighted by atomic mass is 9.96. The van der Waals surface area contributed by atoms with Gasteiger partial charge in [0.25, 0.3) is 0 Å². The molecule has 0 unspecified atom stereocenters. The monoisotopic (exact) mass is 188 g/mol. The maximum atomic E-state index is 3.60. The predicted molar refractivity (Wildman–Crippen MR) is 57.2 cm³/mol. The second-order valence-electron chi connectivity index (χ2n) is 4.25. The minimum atomic E-state index is 1.16. The van der Waals surface area contributed by atoms with Gasteiger partial charge in [-0.05, 0) is 44.6 Å². The van der Waals surface area contributed by atoms with Crippen LogP contribution in [-0.4, -0.2) is 0 Å². The van der Waals surface area contributed by atoms with Crippen LogP contribution in [0.15, 0.2) is 34.9 Å². The fourth-order valence-corrected chi connectivity index (χ4v) is 2.44. The lowest BCUT2D eigenvalue weighted by molar-refractivity contribution is 0.581. The smallest absolute Gasteiger partial charge is 0.0575 e. The molecule has 0 aromatic rings. The summed E-state index contributed by atoms with van der Waals surface area (Å²) >= 11 is 0. The molecule has 3 aliphatic rings. The predicted octanol–water partition coefficient (Wildman–Crippen LogP) is 2.53. The third-order valence-electron chi connectivity index (χ3n) is 3.23. The summed E-state index contributed by atoms with van der Waals surface area (Å²) in [6.07, 6.45) is 11.9. The summed E-state index contributed by atoms with van der Waals surface area (Å²) in [7, 11) is 0. The Morgan fingerprint density at radius 2 is 1.64 bits per heavy atom. The molecule has 0 bridgehead atoms. The average Bonchev–Trinajstić information content (AvgIpc) is 2.26. The maximum Gasteiger partial charge on any atom is 0.0575 e. The van der Waals surface area contributed by atoms with Crippen LogP contribution in [0.25, 0.3) is 0 Å².